The van der Waals surface area contributed by atoms with Gasteiger partial charge in [-0.3, -0.25) is 4.90 Å². The highest BCUT2D eigenvalue weighted by atomic mass is 16.6. The van der Waals surface area contributed by atoms with Crippen LogP contribution in [0.25, 0.3) is 0 Å². The second kappa shape index (κ2) is 8.37. The highest BCUT2D eigenvalue weighted by Gasteiger charge is 2.48. The molecule has 2 fully saturated rings. The Morgan fingerprint density at radius 1 is 1.26 bits per heavy atom. The number of carbonyl (C=O) groups is 2. The van der Waals surface area contributed by atoms with Crippen LogP contribution in [0.5, 0.6) is 11.5 Å². The minimum absolute atomic E-state index is 0.0973. The van der Waals surface area contributed by atoms with Crippen LogP contribution in [0.1, 0.15) is 25.3 Å². The van der Waals surface area contributed by atoms with E-state index in [4.69, 9.17) is 14.2 Å². The fourth-order valence-corrected chi connectivity index (χ4v) is 3.51. The summed E-state index contributed by atoms with van der Waals surface area (Å²) in [6.07, 6.45) is 1.36. The van der Waals surface area contributed by atoms with Gasteiger partial charge >= 0.3 is 12.1 Å². The molecule has 0 unspecified atom stereocenters. The number of carbonyl (C=O) groups excluding carboxylic acids is 2. The molecule has 0 spiro atoms. The Bertz CT molecular complexity index is 696. The second-order valence-corrected chi connectivity index (χ2v) is 6.80. The summed E-state index contributed by atoms with van der Waals surface area (Å²) in [7, 11) is 3.16. The molecule has 2 aliphatic heterocycles. The standard InChI is InChI=1S/C19H27N3O5/c1-4-5-8-20-18(23)21-11-14-17(12-21)27-19(24)22(14)10-13-6-7-15(25-2)16(9-13)26-3/h6-7,9,14,17H,4-5,8,10-12H2,1-3H3,(H,20,23)/t14-,17+/m0/s1. The van der Waals surface area contributed by atoms with E-state index < -0.39 is 0 Å². The Morgan fingerprint density at radius 3 is 2.74 bits per heavy atom. The first-order valence-corrected chi connectivity index (χ1v) is 9.28. The minimum atomic E-state index is -0.342. The van der Waals surface area contributed by atoms with Gasteiger partial charge in [-0.2, -0.15) is 0 Å². The number of urea groups is 1. The topological polar surface area (TPSA) is 80.3 Å². The van der Waals surface area contributed by atoms with Gasteiger partial charge < -0.3 is 24.4 Å². The molecule has 0 bridgehead atoms. The van der Waals surface area contributed by atoms with Crippen LogP contribution in [0.15, 0.2) is 18.2 Å². The molecule has 148 valence electrons. The van der Waals surface area contributed by atoms with Crippen molar-refractivity contribution in [2.75, 3.05) is 33.9 Å². The van der Waals surface area contributed by atoms with E-state index >= 15 is 0 Å². The monoisotopic (exact) mass is 377 g/mol. The smallest absolute Gasteiger partial charge is 0.410 e. The van der Waals surface area contributed by atoms with Crippen molar-refractivity contribution in [3.8, 4) is 11.5 Å². The summed E-state index contributed by atoms with van der Waals surface area (Å²) in [5.41, 5.74) is 0.913. The number of likely N-dealkylation sites (tertiary alicyclic amines) is 1. The van der Waals surface area contributed by atoms with Crippen molar-refractivity contribution in [3.05, 3.63) is 23.8 Å². The zero-order valence-corrected chi connectivity index (χ0v) is 16.1. The van der Waals surface area contributed by atoms with Crippen LogP contribution in [0.3, 0.4) is 0 Å². The average molecular weight is 377 g/mol. The van der Waals surface area contributed by atoms with Crippen molar-refractivity contribution in [1.29, 1.82) is 0 Å². The second-order valence-electron chi connectivity index (χ2n) is 6.80. The maximum atomic E-state index is 12.3. The number of unbranched alkanes of at least 4 members (excludes halogenated alkanes) is 1. The van der Waals surface area contributed by atoms with E-state index in [9.17, 15) is 9.59 Å². The fourth-order valence-electron chi connectivity index (χ4n) is 3.51. The lowest BCUT2D eigenvalue weighted by Crippen LogP contribution is -2.42. The van der Waals surface area contributed by atoms with Crippen molar-refractivity contribution in [3.63, 3.8) is 0 Å². The number of amides is 3. The summed E-state index contributed by atoms with van der Waals surface area (Å²) in [4.78, 5) is 28.0. The van der Waals surface area contributed by atoms with Crippen LogP contribution < -0.4 is 14.8 Å². The third kappa shape index (κ3) is 4.04. The molecule has 1 aromatic carbocycles. The first-order valence-electron chi connectivity index (χ1n) is 9.28. The number of rotatable bonds is 7. The fraction of sp³-hybridized carbons (Fsp3) is 0.579. The molecule has 2 aliphatic rings. The zero-order valence-electron chi connectivity index (χ0n) is 16.1. The van der Waals surface area contributed by atoms with E-state index in [2.05, 4.69) is 12.2 Å². The lowest BCUT2D eigenvalue weighted by atomic mass is 10.1. The van der Waals surface area contributed by atoms with E-state index in [0.717, 1.165) is 18.4 Å². The predicted molar refractivity (Wildman–Crippen MR) is 99.0 cm³/mol. The lowest BCUT2D eigenvalue weighted by Gasteiger charge is -2.23. The van der Waals surface area contributed by atoms with Crippen LogP contribution in [0, 0.1) is 0 Å². The minimum Gasteiger partial charge on any atom is -0.493 e. The zero-order chi connectivity index (χ0) is 19.4. The van der Waals surface area contributed by atoms with E-state index in [1.54, 1.807) is 24.0 Å². The summed E-state index contributed by atoms with van der Waals surface area (Å²) >= 11 is 0. The lowest BCUT2D eigenvalue weighted by molar-refractivity contribution is 0.122. The molecular formula is C19H27N3O5. The van der Waals surface area contributed by atoms with Gasteiger partial charge in [0.05, 0.1) is 26.8 Å². The molecule has 2 heterocycles. The van der Waals surface area contributed by atoms with Gasteiger partial charge in [-0.05, 0) is 24.1 Å². The number of methoxy groups -OCH3 is 2. The van der Waals surface area contributed by atoms with Gasteiger partial charge in [0.2, 0.25) is 0 Å². The van der Waals surface area contributed by atoms with Crippen molar-refractivity contribution >= 4 is 12.1 Å². The molecule has 3 rings (SSSR count). The Balaban J connectivity index is 1.65. The van der Waals surface area contributed by atoms with Gasteiger partial charge in [-0.15, -0.1) is 0 Å². The number of fused-ring (bicyclic) bond motifs is 1. The Labute approximate surface area is 159 Å². The largest absolute Gasteiger partial charge is 0.493 e. The summed E-state index contributed by atoms with van der Waals surface area (Å²) < 4.78 is 16.1. The summed E-state index contributed by atoms with van der Waals surface area (Å²) in [5.74, 6) is 1.25. The maximum Gasteiger partial charge on any atom is 0.410 e. The van der Waals surface area contributed by atoms with E-state index in [1.165, 1.54) is 0 Å². The highest BCUT2D eigenvalue weighted by Crippen LogP contribution is 2.31. The summed E-state index contributed by atoms with van der Waals surface area (Å²) in [6.45, 7) is 4.04. The predicted octanol–water partition coefficient (Wildman–Crippen LogP) is 2.22. The van der Waals surface area contributed by atoms with Crippen molar-refractivity contribution in [1.82, 2.24) is 15.1 Å². The van der Waals surface area contributed by atoms with Crippen molar-refractivity contribution in [2.24, 2.45) is 0 Å². The third-order valence-corrected chi connectivity index (χ3v) is 5.02. The number of hydrogen-bond acceptors (Lipinski definition) is 5. The third-order valence-electron chi connectivity index (χ3n) is 5.02. The highest BCUT2D eigenvalue weighted by molar-refractivity contribution is 5.76. The summed E-state index contributed by atoms with van der Waals surface area (Å²) in [5, 5.41) is 2.92. The van der Waals surface area contributed by atoms with Crippen molar-refractivity contribution in [2.45, 2.75) is 38.5 Å². The van der Waals surface area contributed by atoms with Crippen LogP contribution in [0.2, 0.25) is 0 Å². The molecule has 2 atom stereocenters. The van der Waals surface area contributed by atoms with Crippen LogP contribution in [0.4, 0.5) is 9.59 Å². The van der Waals surface area contributed by atoms with Gasteiger partial charge in [0.15, 0.2) is 11.5 Å². The molecule has 1 aromatic rings. The molecule has 3 amide bonds. The first kappa shape index (κ1) is 19.1. The van der Waals surface area contributed by atoms with Crippen LogP contribution in [-0.4, -0.2) is 67.9 Å². The van der Waals surface area contributed by atoms with Gasteiger partial charge in [-0.1, -0.05) is 19.4 Å². The first-order chi connectivity index (χ1) is 13.1. The Hall–Kier alpha value is -2.64. The molecular weight excluding hydrogens is 350 g/mol. The Morgan fingerprint density at radius 2 is 2.04 bits per heavy atom. The molecule has 0 radical (unpaired) electrons. The Kier molecular flexibility index (Phi) is 5.93. The van der Waals surface area contributed by atoms with E-state index in [0.29, 0.717) is 37.7 Å². The molecule has 0 aliphatic carbocycles. The number of nitrogens with zero attached hydrogens (tertiary/aromatic N) is 2. The number of nitrogens with one attached hydrogen (secondary N) is 1. The quantitative estimate of drug-likeness (QED) is 0.737. The SMILES string of the molecule is CCCCNC(=O)N1C[C@H]2OC(=O)N(Cc3ccc(OC)c(OC)c3)[C@H]2C1. The number of benzene rings is 1. The van der Waals surface area contributed by atoms with Gasteiger partial charge in [0, 0.05) is 19.6 Å². The molecule has 8 heteroatoms. The summed E-state index contributed by atoms with van der Waals surface area (Å²) in [6, 6.07) is 5.33. The molecule has 2 saturated heterocycles. The van der Waals surface area contributed by atoms with Gasteiger partial charge in [-0.25, -0.2) is 9.59 Å². The maximum absolute atomic E-state index is 12.3. The van der Waals surface area contributed by atoms with Crippen molar-refractivity contribution < 1.29 is 23.8 Å². The van der Waals surface area contributed by atoms with E-state index in [1.807, 2.05) is 18.2 Å². The molecule has 0 aromatic heterocycles. The van der Waals surface area contributed by atoms with Crippen LogP contribution in [-0.2, 0) is 11.3 Å². The number of ether oxygens (including phenoxy) is 3. The average Bonchev–Trinajstić information content (AvgIpc) is 3.20. The van der Waals surface area contributed by atoms with E-state index in [-0.39, 0.29) is 24.3 Å². The van der Waals surface area contributed by atoms with Gasteiger partial charge in [0.1, 0.15) is 6.10 Å². The molecule has 8 nitrogen and oxygen atoms in total. The molecule has 27 heavy (non-hydrogen) atoms. The number of hydrogen-bond donors (Lipinski definition) is 1. The normalized spacial score (nSPS) is 21.1. The van der Waals surface area contributed by atoms with Gasteiger partial charge in [0.25, 0.3) is 0 Å². The molecule has 1 N–H and O–H groups in total. The van der Waals surface area contributed by atoms with Crippen LogP contribution >= 0.6 is 0 Å². The molecule has 0 saturated carbocycles.